The van der Waals surface area contributed by atoms with Crippen LogP contribution in [-0.4, -0.2) is 23.2 Å². The van der Waals surface area contributed by atoms with Crippen molar-refractivity contribution in [1.82, 2.24) is 9.97 Å². The van der Waals surface area contributed by atoms with Gasteiger partial charge in [0.15, 0.2) is 0 Å². The van der Waals surface area contributed by atoms with E-state index in [0.29, 0.717) is 10.0 Å². The molecule has 2 atom stereocenters. The summed E-state index contributed by atoms with van der Waals surface area (Å²) in [5.41, 5.74) is 6.12. The SMILES string of the molecule is CCc1nc(-c2ccc(Cl)cc2Cl)c(CC)nc1N[C@@H]1c2ccccc2CC[C@H]1OC. The Kier molecular flexibility index (Phi) is 6.80. The first kappa shape index (κ1) is 22.1. The van der Waals surface area contributed by atoms with Crippen molar-refractivity contribution in [2.45, 2.75) is 51.7 Å². The highest BCUT2D eigenvalue weighted by atomic mass is 35.5. The van der Waals surface area contributed by atoms with Gasteiger partial charge in [-0.05, 0) is 55.0 Å². The van der Waals surface area contributed by atoms with Gasteiger partial charge in [0.2, 0.25) is 0 Å². The van der Waals surface area contributed by atoms with Crippen LogP contribution in [0, 0.1) is 0 Å². The molecule has 0 bridgehead atoms. The van der Waals surface area contributed by atoms with E-state index in [4.69, 9.17) is 37.9 Å². The van der Waals surface area contributed by atoms with Crippen molar-refractivity contribution in [2.75, 3.05) is 12.4 Å². The Morgan fingerprint density at radius 3 is 2.52 bits per heavy atom. The van der Waals surface area contributed by atoms with Gasteiger partial charge in [0.1, 0.15) is 5.82 Å². The molecular formula is C25H27Cl2N3O. The second-order valence-corrected chi connectivity index (χ2v) is 8.62. The molecule has 0 radical (unpaired) electrons. The zero-order valence-corrected chi connectivity index (χ0v) is 19.6. The Hall–Kier alpha value is -2.14. The van der Waals surface area contributed by atoms with Crippen molar-refractivity contribution in [3.63, 3.8) is 0 Å². The molecule has 1 N–H and O–H groups in total. The Labute approximate surface area is 194 Å². The maximum Gasteiger partial charge on any atom is 0.148 e. The monoisotopic (exact) mass is 455 g/mol. The van der Waals surface area contributed by atoms with Crippen LogP contribution >= 0.6 is 23.2 Å². The molecule has 6 heteroatoms. The van der Waals surface area contributed by atoms with Crippen molar-refractivity contribution in [1.29, 1.82) is 0 Å². The molecule has 0 amide bonds. The van der Waals surface area contributed by atoms with Crippen molar-refractivity contribution >= 4 is 29.0 Å². The molecule has 0 fully saturated rings. The average molecular weight is 456 g/mol. The molecule has 1 heterocycles. The molecule has 0 unspecified atom stereocenters. The van der Waals surface area contributed by atoms with E-state index in [-0.39, 0.29) is 12.1 Å². The van der Waals surface area contributed by atoms with Crippen LogP contribution in [0.3, 0.4) is 0 Å². The van der Waals surface area contributed by atoms with E-state index < -0.39 is 0 Å². The van der Waals surface area contributed by atoms with Crippen LogP contribution in [0.25, 0.3) is 11.3 Å². The number of ether oxygens (including phenoxy) is 1. The molecule has 0 saturated carbocycles. The average Bonchev–Trinajstić information content (AvgIpc) is 2.79. The van der Waals surface area contributed by atoms with Gasteiger partial charge in [0, 0.05) is 17.7 Å². The standard InChI is InChI=1S/C25H27Cl2N3O/c1-4-20-23(18-12-11-16(26)14-19(18)27)28-21(5-2)25(29-20)30-24-17-9-7-6-8-15(17)10-13-22(24)31-3/h6-9,11-12,14,22,24H,4-5,10,13H2,1-3H3,(H,29,30)/t22-,24-/m1/s1. The normalized spacial score (nSPS) is 18.0. The van der Waals surface area contributed by atoms with Gasteiger partial charge in [0.25, 0.3) is 0 Å². The lowest BCUT2D eigenvalue weighted by molar-refractivity contribution is 0.0735. The summed E-state index contributed by atoms with van der Waals surface area (Å²) in [5.74, 6) is 0.817. The fraction of sp³-hybridized carbons (Fsp3) is 0.360. The zero-order valence-electron chi connectivity index (χ0n) is 18.1. The van der Waals surface area contributed by atoms with Gasteiger partial charge in [-0.25, -0.2) is 9.97 Å². The summed E-state index contributed by atoms with van der Waals surface area (Å²) in [6.45, 7) is 4.18. The first-order chi connectivity index (χ1) is 15.0. The molecule has 31 heavy (non-hydrogen) atoms. The van der Waals surface area contributed by atoms with Crippen molar-refractivity contribution in [3.05, 3.63) is 75.0 Å². The van der Waals surface area contributed by atoms with E-state index >= 15 is 0 Å². The fourth-order valence-electron chi connectivity index (χ4n) is 4.31. The molecule has 1 aliphatic rings. The molecule has 0 saturated heterocycles. The lowest BCUT2D eigenvalue weighted by atomic mass is 9.85. The van der Waals surface area contributed by atoms with Crippen LogP contribution < -0.4 is 5.32 Å². The number of aryl methyl sites for hydroxylation is 3. The maximum absolute atomic E-state index is 6.49. The molecule has 4 rings (SSSR count). The largest absolute Gasteiger partial charge is 0.379 e. The number of hydrogen-bond acceptors (Lipinski definition) is 4. The number of methoxy groups -OCH3 is 1. The van der Waals surface area contributed by atoms with Crippen LogP contribution in [0.1, 0.15) is 48.8 Å². The first-order valence-electron chi connectivity index (χ1n) is 10.8. The van der Waals surface area contributed by atoms with Crippen LogP contribution in [0.15, 0.2) is 42.5 Å². The minimum absolute atomic E-state index is 0.0317. The van der Waals surface area contributed by atoms with Crippen LogP contribution in [0.5, 0.6) is 0 Å². The second-order valence-electron chi connectivity index (χ2n) is 7.78. The summed E-state index contributed by atoms with van der Waals surface area (Å²) < 4.78 is 5.84. The highest BCUT2D eigenvalue weighted by Gasteiger charge is 2.30. The van der Waals surface area contributed by atoms with Crippen molar-refractivity contribution in [3.8, 4) is 11.3 Å². The minimum Gasteiger partial charge on any atom is -0.379 e. The van der Waals surface area contributed by atoms with E-state index in [1.807, 2.05) is 12.1 Å². The number of halogens is 2. The number of fused-ring (bicyclic) bond motifs is 1. The van der Waals surface area contributed by atoms with Crippen molar-refractivity contribution < 1.29 is 4.74 Å². The van der Waals surface area contributed by atoms with Gasteiger partial charge < -0.3 is 10.1 Å². The Morgan fingerprint density at radius 1 is 1.03 bits per heavy atom. The van der Waals surface area contributed by atoms with Gasteiger partial charge in [-0.1, -0.05) is 61.3 Å². The highest BCUT2D eigenvalue weighted by molar-refractivity contribution is 6.36. The fourth-order valence-corrected chi connectivity index (χ4v) is 4.81. The van der Waals surface area contributed by atoms with Crippen LogP contribution in [0.2, 0.25) is 10.0 Å². The summed E-state index contributed by atoms with van der Waals surface area (Å²) in [7, 11) is 1.78. The maximum atomic E-state index is 6.49. The zero-order chi connectivity index (χ0) is 22.0. The third kappa shape index (κ3) is 4.43. The summed E-state index contributed by atoms with van der Waals surface area (Å²) >= 11 is 12.6. The lowest BCUT2D eigenvalue weighted by Gasteiger charge is -2.34. The Bertz CT molecular complexity index is 1090. The van der Waals surface area contributed by atoms with Crippen LogP contribution in [0.4, 0.5) is 5.82 Å². The molecule has 0 aliphatic heterocycles. The quantitative estimate of drug-likeness (QED) is 0.449. The number of nitrogens with zero attached hydrogens (tertiary/aromatic N) is 2. The third-order valence-corrected chi connectivity index (χ3v) is 6.50. The second kappa shape index (κ2) is 9.56. The summed E-state index contributed by atoms with van der Waals surface area (Å²) in [4.78, 5) is 10.0. The molecule has 0 spiro atoms. The summed E-state index contributed by atoms with van der Waals surface area (Å²) in [6, 6.07) is 14.1. The van der Waals surface area contributed by atoms with E-state index in [2.05, 4.69) is 43.4 Å². The lowest BCUT2D eigenvalue weighted by Crippen LogP contribution is -2.33. The Morgan fingerprint density at radius 2 is 1.81 bits per heavy atom. The summed E-state index contributed by atoms with van der Waals surface area (Å²) in [5, 5.41) is 4.87. The number of rotatable bonds is 6. The van der Waals surface area contributed by atoms with E-state index in [1.165, 1.54) is 11.1 Å². The van der Waals surface area contributed by atoms with E-state index in [9.17, 15) is 0 Å². The highest BCUT2D eigenvalue weighted by Crippen LogP contribution is 2.36. The van der Waals surface area contributed by atoms with E-state index in [0.717, 1.165) is 54.1 Å². The third-order valence-electron chi connectivity index (χ3n) is 5.95. The van der Waals surface area contributed by atoms with Crippen LogP contribution in [-0.2, 0) is 24.0 Å². The number of aromatic nitrogens is 2. The molecule has 4 nitrogen and oxygen atoms in total. The topological polar surface area (TPSA) is 47.0 Å². The Balaban J connectivity index is 1.77. The minimum atomic E-state index is 0.0317. The smallest absolute Gasteiger partial charge is 0.148 e. The number of benzene rings is 2. The molecule has 2 aromatic carbocycles. The van der Waals surface area contributed by atoms with Gasteiger partial charge in [-0.3, -0.25) is 0 Å². The van der Waals surface area contributed by atoms with Gasteiger partial charge >= 0.3 is 0 Å². The summed E-state index contributed by atoms with van der Waals surface area (Å²) in [6.07, 6.45) is 3.57. The molecular weight excluding hydrogens is 429 g/mol. The molecule has 162 valence electrons. The van der Waals surface area contributed by atoms with Gasteiger partial charge in [-0.2, -0.15) is 0 Å². The van der Waals surface area contributed by atoms with E-state index in [1.54, 1.807) is 13.2 Å². The van der Waals surface area contributed by atoms with Gasteiger partial charge in [-0.15, -0.1) is 0 Å². The number of nitrogens with one attached hydrogen (secondary N) is 1. The number of hydrogen-bond donors (Lipinski definition) is 1. The first-order valence-corrected chi connectivity index (χ1v) is 11.5. The molecule has 1 aliphatic carbocycles. The molecule has 3 aromatic rings. The predicted octanol–water partition coefficient (Wildman–Crippen LogP) is 6.69. The van der Waals surface area contributed by atoms with Crippen molar-refractivity contribution in [2.24, 2.45) is 0 Å². The predicted molar refractivity (Wildman–Crippen MR) is 128 cm³/mol. The molecule has 1 aromatic heterocycles. The number of anilines is 1. The van der Waals surface area contributed by atoms with Gasteiger partial charge in [0.05, 0.1) is 34.3 Å².